The van der Waals surface area contributed by atoms with E-state index in [9.17, 15) is 9.59 Å². The molecule has 0 bridgehead atoms. The Bertz CT molecular complexity index is 889. The maximum Gasteiger partial charge on any atom is 0.258 e. The van der Waals surface area contributed by atoms with Gasteiger partial charge in [-0.2, -0.15) is 0 Å². The first-order chi connectivity index (χ1) is 12.0. The van der Waals surface area contributed by atoms with E-state index in [4.69, 9.17) is 9.47 Å². The average molecular weight is 402 g/mol. The lowest BCUT2D eigenvalue weighted by Crippen LogP contribution is -2.36. The summed E-state index contributed by atoms with van der Waals surface area (Å²) < 4.78 is 11.7. The van der Waals surface area contributed by atoms with Crippen molar-refractivity contribution < 1.29 is 19.1 Å². The van der Waals surface area contributed by atoms with Crippen LogP contribution in [-0.2, 0) is 4.79 Å². The molecule has 3 rings (SSSR count). The smallest absolute Gasteiger partial charge is 0.258 e. The van der Waals surface area contributed by atoms with Crippen LogP contribution in [0.15, 0.2) is 40.9 Å². The minimum Gasteiger partial charge on any atom is -0.493 e. The summed E-state index contributed by atoms with van der Waals surface area (Å²) in [7, 11) is 1.56. The van der Waals surface area contributed by atoms with Gasteiger partial charge < -0.3 is 9.47 Å². The molecule has 0 radical (unpaired) electrons. The summed E-state index contributed by atoms with van der Waals surface area (Å²) in [6.07, 6.45) is 1.73. The molecule has 25 heavy (non-hydrogen) atoms. The number of benzene rings is 2. The predicted molar refractivity (Wildman–Crippen MR) is 98.6 cm³/mol. The number of imide groups is 1. The van der Waals surface area contributed by atoms with Crippen LogP contribution >= 0.6 is 15.9 Å². The molecule has 2 amide bonds. The number of amides is 2. The zero-order chi connectivity index (χ0) is 18.0. The van der Waals surface area contributed by atoms with Gasteiger partial charge in [0.1, 0.15) is 0 Å². The summed E-state index contributed by atoms with van der Waals surface area (Å²) in [5.74, 6) is 0.357. The SMILES string of the molecule is CCOc1c(Br)cc(C=C2C(=O)NC(=O)c3ccccc32)cc1OC. The number of fused-ring (bicyclic) bond motifs is 1. The van der Waals surface area contributed by atoms with Crippen molar-refractivity contribution in [3.63, 3.8) is 0 Å². The van der Waals surface area contributed by atoms with E-state index < -0.39 is 5.91 Å². The first-order valence-electron chi connectivity index (χ1n) is 7.72. The molecule has 0 aliphatic carbocycles. The fourth-order valence-corrected chi connectivity index (χ4v) is 3.27. The highest BCUT2D eigenvalue weighted by atomic mass is 79.9. The maximum absolute atomic E-state index is 12.3. The number of hydrogen-bond acceptors (Lipinski definition) is 4. The van der Waals surface area contributed by atoms with Crippen molar-refractivity contribution in [3.05, 3.63) is 57.6 Å². The van der Waals surface area contributed by atoms with Gasteiger partial charge in [0.25, 0.3) is 11.8 Å². The van der Waals surface area contributed by atoms with Gasteiger partial charge in [0.15, 0.2) is 11.5 Å². The normalized spacial score (nSPS) is 14.9. The average Bonchev–Trinajstić information content (AvgIpc) is 2.60. The van der Waals surface area contributed by atoms with Crippen LogP contribution in [0, 0.1) is 0 Å². The Morgan fingerprint density at radius 1 is 1.12 bits per heavy atom. The molecule has 0 saturated heterocycles. The highest BCUT2D eigenvalue weighted by Crippen LogP contribution is 2.38. The summed E-state index contributed by atoms with van der Waals surface area (Å²) in [5, 5.41) is 2.37. The first-order valence-corrected chi connectivity index (χ1v) is 8.51. The van der Waals surface area contributed by atoms with E-state index in [1.807, 2.05) is 13.0 Å². The van der Waals surface area contributed by atoms with Crippen molar-refractivity contribution in [1.82, 2.24) is 5.32 Å². The summed E-state index contributed by atoms with van der Waals surface area (Å²) in [6.45, 7) is 2.40. The number of rotatable bonds is 4. The predicted octanol–water partition coefficient (Wildman–Crippen LogP) is 3.67. The van der Waals surface area contributed by atoms with Crippen LogP contribution < -0.4 is 14.8 Å². The fourth-order valence-electron chi connectivity index (χ4n) is 2.69. The molecule has 0 unspecified atom stereocenters. The van der Waals surface area contributed by atoms with E-state index in [0.29, 0.717) is 34.8 Å². The molecular weight excluding hydrogens is 386 g/mol. The van der Waals surface area contributed by atoms with Crippen molar-refractivity contribution in [3.8, 4) is 11.5 Å². The Labute approximate surface area is 153 Å². The molecule has 1 aliphatic rings. The molecule has 5 nitrogen and oxygen atoms in total. The zero-order valence-electron chi connectivity index (χ0n) is 13.8. The molecule has 6 heteroatoms. The summed E-state index contributed by atoms with van der Waals surface area (Å²) >= 11 is 3.47. The number of ether oxygens (including phenoxy) is 2. The number of carbonyl (C=O) groups is 2. The van der Waals surface area contributed by atoms with Gasteiger partial charge in [-0.25, -0.2) is 0 Å². The minimum atomic E-state index is -0.423. The first kappa shape index (κ1) is 17.2. The molecule has 1 N–H and O–H groups in total. The van der Waals surface area contributed by atoms with Crippen molar-refractivity contribution in [1.29, 1.82) is 0 Å². The van der Waals surface area contributed by atoms with Gasteiger partial charge >= 0.3 is 0 Å². The summed E-state index contributed by atoms with van der Waals surface area (Å²) in [5.41, 5.74) is 2.26. The van der Waals surface area contributed by atoms with E-state index in [1.165, 1.54) is 0 Å². The van der Waals surface area contributed by atoms with Gasteiger partial charge in [-0.3, -0.25) is 14.9 Å². The van der Waals surface area contributed by atoms with Gasteiger partial charge in [0, 0.05) is 11.1 Å². The molecule has 1 heterocycles. The lowest BCUT2D eigenvalue weighted by Gasteiger charge is -2.18. The lowest BCUT2D eigenvalue weighted by molar-refractivity contribution is -0.114. The third-order valence-electron chi connectivity index (χ3n) is 3.79. The Morgan fingerprint density at radius 3 is 2.52 bits per heavy atom. The Balaban J connectivity index is 2.12. The number of hydrogen-bond donors (Lipinski definition) is 1. The quantitative estimate of drug-likeness (QED) is 0.626. The Kier molecular flexibility index (Phi) is 4.90. The van der Waals surface area contributed by atoms with Gasteiger partial charge in [-0.05, 0) is 58.3 Å². The largest absolute Gasteiger partial charge is 0.493 e. The molecule has 0 fully saturated rings. The molecule has 1 aliphatic heterocycles. The third-order valence-corrected chi connectivity index (χ3v) is 4.37. The lowest BCUT2D eigenvalue weighted by atomic mass is 9.93. The van der Waals surface area contributed by atoms with Crippen LogP contribution in [0.5, 0.6) is 11.5 Å². The maximum atomic E-state index is 12.3. The molecule has 2 aromatic carbocycles. The van der Waals surface area contributed by atoms with E-state index >= 15 is 0 Å². The molecule has 0 atom stereocenters. The van der Waals surface area contributed by atoms with Crippen molar-refractivity contribution in [2.75, 3.05) is 13.7 Å². The van der Waals surface area contributed by atoms with Crippen molar-refractivity contribution >= 4 is 39.4 Å². The van der Waals surface area contributed by atoms with Crippen LogP contribution in [0.3, 0.4) is 0 Å². The van der Waals surface area contributed by atoms with Gasteiger partial charge in [-0.1, -0.05) is 18.2 Å². The van der Waals surface area contributed by atoms with Gasteiger partial charge in [0.2, 0.25) is 0 Å². The van der Waals surface area contributed by atoms with E-state index in [1.54, 1.807) is 43.5 Å². The number of nitrogens with one attached hydrogen (secondary N) is 1. The highest BCUT2D eigenvalue weighted by Gasteiger charge is 2.26. The second-order valence-electron chi connectivity index (χ2n) is 5.35. The van der Waals surface area contributed by atoms with Crippen molar-refractivity contribution in [2.24, 2.45) is 0 Å². The number of carbonyl (C=O) groups excluding carboxylic acids is 2. The van der Waals surface area contributed by atoms with Gasteiger partial charge in [0.05, 0.1) is 18.2 Å². The summed E-state index contributed by atoms with van der Waals surface area (Å²) in [6, 6.07) is 10.6. The standard InChI is InChI=1S/C19H16BrNO4/c1-3-25-17-15(20)9-11(10-16(17)24-2)8-14-12-6-4-5-7-13(12)18(22)21-19(14)23/h4-10H,3H2,1-2H3,(H,21,22,23). The monoisotopic (exact) mass is 401 g/mol. The number of methoxy groups -OCH3 is 1. The second kappa shape index (κ2) is 7.11. The molecule has 128 valence electrons. The highest BCUT2D eigenvalue weighted by molar-refractivity contribution is 9.10. The van der Waals surface area contributed by atoms with E-state index in [2.05, 4.69) is 21.2 Å². The van der Waals surface area contributed by atoms with E-state index in [-0.39, 0.29) is 5.91 Å². The van der Waals surface area contributed by atoms with Crippen LogP contribution in [0.1, 0.15) is 28.4 Å². The summed E-state index contributed by atoms with van der Waals surface area (Å²) in [4.78, 5) is 24.3. The van der Waals surface area contributed by atoms with Crippen LogP contribution in [0.25, 0.3) is 11.6 Å². The Hall–Kier alpha value is -2.60. The Morgan fingerprint density at radius 2 is 1.84 bits per heavy atom. The topological polar surface area (TPSA) is 64.6 Å². The van der Waals surface area contributed by atoms with Crippen LogP contribution in [0.2, 0.25) is 0 Å². The fraction of sp³-hybridized carbons (Fsp3) is 0.158. The number of halogens is 1. The van der Waals surface area contributed by atoms with Gasteiger partial charge in [-0.15, -0.1) is 0 Å². The minimum absolute atomic E-state index is 0.386. The molecule has 0 saturated carbocycles. The van der Waals surface area contributed by atoms with E-state index in [0.717, 1.165) is 10.0 Å². The molecular formula is C19H16BrNO4. The zero-order valence-corrected chi connectivity index (χ0v) is 15.3. The van der Waals surface area contributed by atoms with Crippen molar-refractivity contribution in [2.45, 2.75) is 6.92 Å². The van der Waals surface area contributed by atoms with Crippen LogP contribution in [-0.4, -0.2) is 25.5 Å². The third kappa shape index (κ3) is 3.30. The van der Waals surface area contributed by atoms with Crippen LogP contribution in [0.4, 0.5) is 0 Å². The molecule has 2 aromatic rings. The second-order valence-corrected chi connectivity index (χ2v) is 6.21. The molecule has 0 aromatic heterocycles. The molecule has 0 spiro atoms.